The maximum atomic E-state index is 13.4. The fourth-order valence-corrected chi connectivity index (χ4v) is 4.94. The Morgan fingerprint density at radius 3 is 2.36 bits per heavy atom. The molecule has 0 saturated carbocycles. The Morgan fingerprint density at radius 2 is 1.72 bits per heavy atom. The molecule has 39 heavy (non-hydrogen) atoms. The van der Waals surface area contributed by atoms with Gasteiger partial charge in [-0.15, -0.1) is 10.2 Å². The number of unbranched alkanes of at least 4 members (excludes halogenated alkanes) is 1. The summed E-state index contributed by atoms with van der Waals surface area (Å²) in [6, 6.07) is 11.1. The Labute approximate surface area is 232 Å². The van der Waals surface area contributed by atoms with Crippen LogP contribution in [-0.4, -0.2) is 46.8 Å². The molecule has 206 valence electrons. The van der Waals surface area contributed by atoms with Gasteiger partial charge in [0.05, 0.1) is 31.4 Å². The second-order valence-electron chi connectivity index (χ2n) is 8.99. The second-order valence-corrected chi connectivity index (χ2v) is 10.1. The number of carbonyl (C=O) groups excluding carboxylic acids is 2. The summed E-state index contributed by atoms with van der Waals surface area (Å²) in [4.78, 5) is 28.1. The number of aliphatic hydroxyl groups excluding tert-OH is 1. The number of aromatic nitrogens is 2. The van der Waals surface area contributed by atoms with Crippen molar-refractivity contribution in [2.75, 3.05) is 24.7 Å². The van der Waals surface area contributed by atoms with Gasteiger partial charge in [-0.3, -0.25) is 14.5 Å². The van der Waals surface area contributed by atoms with Gasteiger partial charge in [0.15, 0.2) is 11.5 Å². The molecule has 1 saturated heterocycles. The van der Waals surface area contributed by atoms with Gasteiger partial charge in [0.25, 0.3) is 5.78 Å². The van der Waals surface area contributed by atoms with Crippen molar-refractivity contribution >= 4 is 33.9 Å². The lowest BCUT2D eigenvalue weighted by atomic mass is 9.95. The number of carbonyl (C=O) groups is 2. The minimum Gasteiger partial charge on any atom is -0.507 e. The highest BCUT2D eigenvalue weighted by molar-refractivity contribution is 7.15. The fraction of sp³-hybridized carbons (Fsp3) is 0.379. The third-order valence-electron chi connectivity index (χ3n) is 6.11. The number of benzene rings is 2. The monoisotopic (exact) mass is 551 g/mol. The number of aryl methyl sites for hydroxylation is 1. The van der Waals surface area contributed by atoms with Crippen LogP contribution < -0.4 is 19.1 Å². The largest absolute Gasteiger partial charge is 0.507 e. The van der Waals surface area contributed by atoms with E-state index in [4.69, 9.17) is 14.2 Å². The molecule has 0 spiro atoms. The maximum Gasteiger partial charge on any atom is 0.301 e. The zero-order valence-electron chi connectivity index (χ0n) is 22.6. The highest BCUT2D eigenvalue weighted by Gasteiger charge is 2.48. The normalized spacial score (nSPS) is 16.5. The summed E-state index contributed by atoms with van der Waals surface area (Å²) in [5.41, 5.74) is 0.912. The fourth-order valence-electron chi connectivity index (χ4n) is 4.22. The number of anilines is 1. The Morgan fingerprint density at radius 1 is 0.949 bits per heavy atom. The third kappa shape index (κ3) is 6.06. The van der Waals surface area contributed by atoms with Gasteiger partial charge in [-0.25, -0.2) is 0 Å². The lowest BCUT2D eigenvalue weighted by molar-refractivity contribution is -0.132. The smallest absolute Gasteiger partial charge is 0.301 e. The molecule has 3 aromatic rings. The van der Waals surface area contributed by atoms with E-state index in [2.05, 4.69) is 17.1 Å². The Kier molecular flexibility index (Phi) is 9.19. The third-order valence-corrected chi connectivity index (χ3v) is 6.94. The van der Waals surface area contributed by atoms with Crippen molar-refractivity contribution < 1.29 is 28.9 Å². The second kappa shape index (κ2) is 12.8. The molecule has 0 bridgehead atoms. The molecule has 9 nitrogen and oxygen atoms in total. The van der Waals surface area contributed by atoms with Gasteiger partial charge >= 0.3 is 5.91 Å². The van der Waals surface area contributed by atoms with Gasteiger partial charge in [-0.2, -0.15) is 0 Å². The average Bonchev–Trinajstić information content (AvgIpc) is 3.48. The van der Waals surface area contributed by atoms with Crippen LogP contribution in [0.5, 0.6) is 17.2 Å². The van der Waals surface area contributed by atoms with Crippen LogP contribution in [-0.2, 0) is 9.59 Å². The lowest BCUT2D eigenvalue weighted by Crippen LogP contribution is -2.29. The van der Waals surface area contributed by atoms with Gasteiger partial charge in [0.2, 0.25) is 5.13 Å². The van der Waals surface area contributed by atoms with Crippen LogP contribution in [0.15, 0.2) is 48.0 Å². The summed E-state index contributed by atoms with van der Waals surface area (Å²) in [7, 11) is 0. The van der Waals surface area contributed by atoms with Crippen molar-refractivity contribution in [1.29, 1.82) is 0 Å². The number of ether oxygens (including phenoxy) is 3. The van der Waals surface area contributed by atoms with E-state index < -0.39 is 17.7 Å². The Balaban J connectivity index is 1.83. The summed E-state index contributed by atoms with van der Waals surface area (Å²) in [5, 5.41) is 20.5. The van der Waals surface area contributed by atoms with Gasteiger partial charge in [0, 0.05) is 5.56 Å². The SMILES string of the molecule is CCCCOc1ccc(C2C(=C(O)c3ccc(OCCC)cc3)C(=O)C(=O)N2c2nnc(C)s2)cc1OCC. The zero-order valence-corrected chi connectivity index (χ0v) is 23.4. The predicted octanol–water partition coefficient (Wildman–Crippen LogP) is 5.84. The summed E-state index contributed by atoms with van der Waals surface area (Å²) in [6.07, 6.45) is 2.75. The standard InChI is InChI=1S/C29H33N3O6S/c1-5-8-16-38-22-14-11-20(17-23(22)36-7-3)25-24(26(33)19-9-12-21(13-10-19)37-15-6-2)27(34)28(35)32(25)29-31-30-18(4)39-29/h9-14,17,25,33H,5-8,15-16H2,1-4H3. The van der Waals surface area contributed by atoms with Crippen LogP contribution in [0.3, 0.4) is 0 Å². The number of amides is 1. The molecule has 10 heteroatoms. The maximum absolute atomic E-state index is 13.4. The first kappa shape index (κ1) is 28.1. The highest BCUT2D eigenvalue weighted by Crippen LogP contribution is 2.45. The number of nitrogens with zero attached hydrogens (tertiary/aromatic N) is 3. The van der Waals surface area contributed by atoms with Crippen LogP contribution in [0.2, 0.25) is 0 Å². The van der Waals surface area contributed by atoms with Crippen molar-refractivity contribution in [1.82, 2.24) is 10.2 Å². The summed E-state index contributed by atoms with van der Waals surface area (Å²) in [6.45, 7) is 9.24. The number of aliphatic hydroxyl groups is 1. The predicted molar refractivity (Wildman–Crippen MR) is 150 cm³/mol. The van der Waals surface area contributed by atoms with Crippen molar-refractivity contribution in [3.8, 4) is 17.2 Å². The van der Waals surface area contributed by atoms with Gasteiger partial charge in [-0.1, -0.05) is 37.7 Å². The molecule has 0 radical (unpaired) electrons. The molecule has 1 fully saturated rings. The van der Waals surface area contributed by atoms with Crippen LogP contribution in [0.4, 0.5) is 5.13 Å². The van der Waals surface area contributed by atoms with Gasteiger partial charge in [0.1, 0.15) is 16.5 Å². The van der Waals surface area contributed by atoms with E-state index in [0.717, 1.165) is 19.3 Å². The van der Waals surface area contributed by atoms with Crippen LogP contribution in [0.1, 0.15) is 62.2 Å². The summed E-state index contributed by atoms with van der Waals surface area (Å²) < 4.78 is 17.4. The molecule has 1 aromatic heterocycles. The van der Waals surface area contributed by atoms with E-state index >= 15 is 0 Å². The number of hydrogen-bond acceptors (Lipinski definition) is 9. The zero-order chi connectivity index (χ0) is 27.9. The van der Waals surface area contributed by atoms with Gasteiger partial charge < -0.3 is 19.3 Å². The number of rotatable bonds is 12. The van der Waals surface area contributed by atoms with Crippen molar-refractivity contribution in [2.45, 2.75) is 53.0 Å². The Hall–Kier alpha value is -3.92. The number of Topliss-reactive ketones (excluding diaryl/α,β-unsaturated/α-hetero) is 1. The first-order valence-corrected chi connectivity index (χ1v) is 13.9. The van der Waals surface area contributed by atoms with E-state index in [-0.39, 0.29) is 16.5 Å². The van der Waals surface area contributed by atoms with Crippen molar-refractivity contribution in [3.05, 3.63) is 64.2 Å². The molecule has 2 aromatic carbocycles. The van der Waals surface area contributed by atoms with Gasteiger partial charge in [-0.05, 0) is 68.7 Å². The summed E-state index contributed by atoms with van der Waals surface area (Å²) in [5.74, 6) is -0.178. The molecule has 1 N–H and O–H groups in total. The molecule has 1 amide bonds. The molecule has 1 unspecified atom stereocenters. The molecule has 4 rings (SSSR count). The van der Waals surface area contributed by atoms with E-state index in [9.17, 15) is 14.7 Å². The van der Waals surface area contributed by atoms with Crippen LogP contribution >= 0.6 is 11.3 Å². The van der Waals surface area contributed by atoms with Crippen LogP contribution in [0.25, 0.3) is 5.76 Å². The quantitative estimate of drug-likeness (QED) is 0.129. The van der Waals surface area contributed by atoms with E-state index in [0.29, 0.717) is 53.2 Å². The molecule has 1 atom stereocenters. The minimum atomic E-state index is -0.947. The molecular formula is C29H33N3O6S. The molecule has 1 aliphatic heterocycles. The summed E-state index contributed by atoms with van der Waals surface area (Å²) >= 11 is 1.19. The van der Waals surface area contributed by atoms with Crippen molar-refractivity contribution in [3.63, 3.8) is 0 Å². The topological polar surface area (TPSA) is 111 Å². The molecule has 2 heterocycles. The Bertz CT molecular complexity index is 1350. The number of hydrogen-bond donors (Lipinski definition) is 1. The first-order valence-electron chi connectivity index (χ1n) is 13.1. The van der Waals surface area contributed by atoms with E-state index in [1.807, 2.05) is 13.8 Å². The van der Waals surface area contributed by atoms with E-state index in [1.165, 1.54) is 16.2 Å². The highest BCUT2D eigenvalue weighted by atomic mass is 32.1. The molecule has 1 aliphatic rings. The van der Waals surface area contributed by atoms with E-state index in [1.54, 1.807) is 49.4 Å². The number of ketones is 1. The average molecular weight is 552 g/mol. The first-order chi connectivity index (χ1) is 18.9. The molecular weight excluding hydrogens is 518 g/mol. The molecule has 0 aliphatic carbocycles. The van der Waals surface area contributed by atoms with Crippen LogP contribution in [0, 0.1) is 6.92 Å². The minimum absolute atomic E-state index is 0.0443. The van der Waals surface area contributed by atoms with Crippen molar-refractivity contribution in [2.24, 2.45) is 0 Å². The lowest BCUT2D eigenvalue weighted by Gasteiger charge is -2.23.